The maximum absolute atomic E-state index is 6.54. The first-order valence-corrected chi connectivity index (χ1v) is 11.9. The summed E-state index contributed by atoms with van der Waals surface area (Å²) in [4.78, 5) is 4.65. The number of hydrogen-bond donors (Lipinski definition) is 2. The summed E-state index contributed by atoms with van der Waals surface area (Å²) in [5.74, 6) is 0. The molecule has 0 amide bonds. The van der Waals surface area contributed by atoms with E-state index >= 15 is 0 Å². The van der Waals surface area contributed by atoms with Crippen LogP contribution in [-0.4, -0.2) is 42.6 Å². The second kappa shape index (κ2) is 14.9. The molecule has 0 unspecified atom stereocenters. The lowest BCUT2D eigenvalue weighted by molar-refractivity contribution is 0.291. The molecule has 0 atom stereocenters. The summed E-state index contributed by atoms with van der Waals surface area (Å²) in [7, 11) is 0. The van der Waals surface area contributed by atoms with E-state index in [9.17, 15) is 0 Å². The highest BCUT2D eigenvalue weighted by molar-refractivity contribution is 6.32. The molecular weight excluding hydrogens is 439 g/mol. The van der Waals surface area contributed by atoms with Gasteiger partial charge in [-0.3, -0.25) is 5.32 Å². The average Bonchev–Trinajstić information content (AvgIpc) is 2.88. The Morgan fingerprint density at radius 2 is 1.87 bits per heavy atom. The van der Waals surface area contributed by atoms with Crippen molar-refractivity contribution in [3.8, 4) is 0 Å². The van der Waals surface area contributed by atoms with Crippen LogP contribution in [0.2, 0.25) is 0 Å². The third-order valence-electron chi connectivity index (χ3n) is 5.03. The lowest BCUT2D eigenvalue weighted by Gasteiger charge is -2.34. The van der Waals surface area contributed by atoms with E-state index in [1.54, 1.807) is 0 Å². The summed E-state index contributed by atoms with van der Waals surface area (Å²) >= 11 is 18.9. The van der Waals surface area contributed by atoms with Crippen molar-refractivity contribution < 1.29 is 0 Å². The molecule has 1 rings (SSSR count). The van der Waals surface area contributed by atoms with E-state index < -0.39 is 0 Å². The highest BCUT2D eigenvalue weighted by Crippen LogP contribution is 2.29. The first kappa shape index (κ1) is 27.0. The van der Waals surface area contributed by atoms with Gasteiger partial charge in [0.25, 0.3) is 0 Å². The van der Waals surface area contributed by atoms with Gasteiger partial charge in [0.15, 0.2) is 0 Å². The number of unbranched alkanes of at least 4 members (excludes halogenated alkanes) is 1. The predicted molar refractivity (Wildman–Crippen MR) is 133 cm³/mol. The molecule has 0 radical (unpaired) electrons. The minimum atomic E-state index is 0.571. The number of halogens is 3. The highest BCUT2D eigenvalue weighted by atomic mass is 35.5. The van der Waals surface area contributed by atoms with E-state index in [4.69, 9.17) is 40.5 Å². The zero-order valence-electron chi connectivity index (χ0n) is 18.8. The van der Waals surface area contributed by atoms with E-state index in [0.717, 1.165) is 54.7 Å². The Balaban J connectivity index is 3.11. The number of rotatable bonds is 13. The van der Waals surface area contributed by atoms with Gasteiger partial charge in [-0.1, -0.05) is 66.4 Å². The molecule has 0 aromatic heterocycles. The van der Waals surface area contributed by atoms with Gasteiger partial charge < -0.3 is 15.5 Å². The van der Waals surface area contributed by atoms with E-state index in [2.05, 4.69) is 42.0 Å². The summed E-state index contributed by atoms with van der Waals surface area (Å²) in [5, 5.41) is 5.57. The Kier molecular flexibility index (Phi) is 13.3. The van der Waals surface area contributed by atoms with Gasteiger partial charge in [-0.15, -0.1) is 0 Å². The van der Waals surface area contributed by atoms with Crippen LogP contribution in [0.3, 0.4) is 0 Å². The standard InChI is InChI=1S/C23H37Cl3N4/c1-5-9-15-30(17-28-16-19(25)14-13-18(24)6-2)23-21(29(7-3)8-4)12-10-11-20(26)22(23)27/h6,10-11,14,28H,5,7-9,12-13,15-17,27H2,1-4H3/b18-6+,19-14+. The molecule has 4 nitrogen and oxygen atoms in total. The van der Waals surface area contributed by atoms with Gasteiger partial charge in [-0.2, -0.15) is 0 Å². The maximum atomic E-state index is 6.54. The van der Waals surface area contributed by atoms with Crippen molar-refractivity contribution in [2.24, 2.45) is 5.73 Å². The highest BCUT2D eigenvalue weighted by Gasteiger charge is 2.23. The van der Waals surface area contributed by atoms with Crippen LogP contribution in [0.25, 0.3) is 0 Å². The lowest BCUT2D eigenvalue weighted by Crippen LogP contribution is -2.39. The monoisotopic (exact) mass is 474 g/mol. The maximum Gasteiger partial charge on any atom is 0.0823 e. The second-order valence-corrected chi connectivity index (χ2v) is 8.51. The molecule has 30 heavy (non-hydrogen) atoms. The van der Waals surface area contributed by atoms with Crippen LogP contribution in [0.4, 0.5) is 0 Å². The molecule has 170 valence electrons. The molecule has 0 fully saturated rings. The van der Waals surface area contributed by atoms with Crippen LogP contribution in [0.5, 0.6) is 0 Å². The molecule has 0 spiro atoms. The molecule has 0 bridgehead atoms. The molecule has 0 saturated heterocycles. The van der Waals surface area contributed by atoms with Crippen LogP contribution >= 0.6 is 34.8 Å². The molecule has 0 aromatic rings. The third-order valence-corrected chi connectivity index (χ3v) is 6.02. The molecule has 3 N–H and O–H groups in total. The predicted octanol–water partition coefficient (Wildman–Crippen LogP) is 6.21. The summed E-state index contributed by atoms with van der Waals surface area (Å²) in [6, 6.07) is 0. The Labute approximate surface area is 198 Å². The number of nitrogens with two attached hydrogens (primary N) is 1. The number of nitrogens with one attached hydrogen (secondary N) is 1. The van der Waals surface area contributed by atoms with Gasteiger partial charge in [0, 0.05) is 54.8 Å². The smallest absolute Gasteiger partial charge is 0.0823 e. The Bertz CT molecular complexity index is 689. The fourth-order valence-electron chi connectivity index (χ4n) is 3.29. The fraction of sp³-hybridized carbons (Fsp3) is 0.565. The quantitative estimate of drug-likeness (QED) is 0.311. The average molecular weight is 476 g/mol. The summed E-state index contributed by atoms with van der Waals surface area (Å²) in [5.41, 5.74) is 9.41. The largest absolute Gasteiger partial charge is 0.396 e. The normalized spacial score (nSPS) is 15.7. The van der Waals surface area contributed by atoms with Crippen molar-refractivity contribution in [2.45, 2.75) is 53.4 Å². The Hall–Kier alpha value is -1.07. The van der Waals surface area contributed by atoms with Gasteiger partial charge in [0.2, 0.25) is 0 Å². The molecule has 0 heterocycles. The third kappa shape index (κ3) is 8.58. The molecule has 1 aliphatic rings. The van der Waals surface area contributed by atoms with Crippen LogP contribution in [-0.2, 0) is 0 Å². The molecule has 1 aliphatic carbocycles. The van der Waals surface area contributed by atoms with E-state index in [0.29, 0.717) is 30.4 Å². The van der Waals surface area contributed by atoms with Crippen molar-refractivity contribution in [1.82, 2.24) is 15.1 Å². The van der Waals surface area contributed by atoms with Crippen molar-refractivity contribution >= 4 is 34.8 Å². The van der Waals surface area contributed by atoms with Crippen molar-refractivity contribution in [2.75, 3.05) is 32.8 Å². The number of allylic oxidation sites excluding steroid dienone is 6. The van der Waals surface area contributed by atoms with Crippen molar-refractivity contribution in [3.05, 3.63) is 56.5 Å². The van der Waals surface area contributed by atoms with Crippen LogP contribution in [0.15, 0.2) is 56.5 Å². The Morgan fingerprint density at radius 3 is 2.47 bits per heavy atom. The first-order valence-electron chi connectivity index (χ1n) is 10.8. The zero-order valence-corrected chi connectivity index (χ0v) is 21.0. The molecular formula is C23H37Cl3N4. The van der Waals surface area contributed by atoms with E-state index in [1.165, 1.54) is 5.70 Å². The van der Waals surface area contributed by atoms with Gasteiger partial charge in [-0.05, 0) is 33.3 Å². The minimum Gasteiger partial charge on any atom is -0.396 e. The molecule has 0 aliphatic heterocycles. The fourth-order valence-corrected chi connectivity index (χ4v) is 3.72. The molecule has 0 aromatic carbocycles. The minimum absolute atomic E-state index is 0.571. The van der Waals surface area contributed by atoms with Gasteiger partial charge in [-0.25, -0.2) is 0 Å². The number of nitrogens with zero attached hydrogens (tertiary/aromatic N) is 2. The van der Waals surface area contributed by atoms with Gasteiger partial charge in [0.1, 0.15) is 0 Å². The van der Waals surface area contributed by atoms with Crippen LogP contribution in [0, 0.1) is 0 Å². The Morgan fingerprint density at radius 1 is 1.17 bits per heavy atom. The molecule has 0 saturated carbocycles. The van der Waals surface area contributed by atoms with Gasteiger partial charge >= 0.3 is 0 Å². The van der Waals surface area contributed by atoms with Crippen molar-refractivity contribution in [1.29, 1.82) is 0 Å². The van der Waals surface area contributed by atoms with E-state index in [1.807, 2.05) is 25.2 Å². The lowest BCUT2D eigenvalue weighted by atomic mass is 10.1. The summed E-state index contributed by atoms with van der Waals surface area (Å²) < 4.78 is 0. The topological polar surface area (TPSA) is 44.5 Å². The second-order valence-electron chi connectivity index (χ2n) is 7.13. The van der Waals surface area contributed by atoms with E-state index in [-0.39, 0.29) is 0 Å². The number of hydrogen-bond acceptors (Lipinski definition) is 4. The SMILES string of the molecule is C/C=C(/Cl)C/C=C(/Cl)CNCN(CCCC)C1=C(N(CC)CC)CC=CC(Cl)=C1N. The molecule has 7 heteroatoms. The zero-order chi connectivity index (χ0) is 22.5. The summed E-state index contributed by atoms with van der Waals surface area (Å²) in [6.45, 7) is 12.4. The van der Waals surface area contributed by atoms with Crippen molar-refractivity contribution in [3.63, 3.8) is 0 Å². The van der Waals surface area contributed by atoms with Gasteiger partial charge in [0.05, 0.1) is 23.1 Å². The first-order chi connectivity index (χ1) is 14.4. The van der Waals surface area contributed by atoms with Crippen LogP contribution < -0.4 is 11.1 Å². The summed E-state index contributed by atoms with van der Waals surface area (Å²) in [6.07, 6.45) is 11.4. The van der Waals surface area contributed by atoms with Crippen LogP contribution in [0.1, 0.15) is 53.4 Å².